The van der Waals surface area contributed by atoms with Gasteiger partial charge in [-0.1, -0.05) is 11.6 Å². The van der Waals surface area contributed by atoms with Gasteiger partial charge in [0.25, 0.3) is 0 Å². The average Bonchev–Trinajstić information content (AvgIpc) is 3.01. The number of benzene rings is 1. The molecule has 0 aliphatic heterocycles. The smallest absolute Gasteiger partial charge is 0.248 e. The van der Waals surface area contributed by atoms with Crippen molar-refractivity contribution in [3.05, 3.63) is 53.3 Å². The normalized spacial score (nSPS) is 10.7. The van der Waals surface area contributed by atoms with Crippen molar-refractivity contribution in [2.45, 2.75) is 13.8 Å². The van der Waals surface area contributed by atoms with Gasteiger partial charge >= 0.3 is 0 Å². The molecule has 0 bridgehead atoms. The van der Waals surface area contributed by atoms with E-state index in [0.29, 0.717) is 23.1 Å². The van der Waals surface area contributed by atoms with E-state index in [4.69, 9.17) is 22.1 Å². The van der Waals surface area contributed by atoms with Crippen LogP contribution in [0.5, 0.6) is 11.6 Å². The molecule has 0 radical (unpaired) electrons. The van der Waals surface area contributed by atoms with Gasteiger partial charge in [0.15, 0.2) is 5.82 Å². The van der Waals surface area contributed by atoms with E-state index in [1.165, 1.54) is 6.33 Å². The maximum atomic E-state index is 6.16. The quantitative estimate of drug-likeness (QED) is 0.802. The Kier molecular flexibility index (Phi) is 3.68. The fourth-order valence-corrected chi connectivity index (χ4v) is 2.23. The minimum atomic E-state index is 0.292. The number of aryl methyl sites for hydroxylation is 2. The van der Waals surface area contributed by atoms with Gasteiger partial charge in [0, 0.05) is 17.4 Å². The number of imidazole rings is 1. The van der Waals surface area contributed by atoms with E-state index in [1.54, 1.807) is 23.3 Å². The van der Waals surface area contributed by atoms with Crippen molar-refractivity contribution in [2.75, 3.05) is 5.73 Å². The van der Waals surface area contributed by atoms with E-state index < -0.39 is 0 Å². The van der Waals surface area contributed by atoms with Crippen LogP contribution in [0.2, 0.25) is 5.02 Å². The lowest BCUT2D eigenvalue weighted by Gasteiger charge is -2.12. The Bertz CT molecular complexity index is 794. The molecule has 0 spiro atoms. The lowest BCUT2D eigenvalue weighted by molar-refractivity contribution is 0.463. The molecule has 1 aromatic carbocycles. The predicted octanol–water partition coefficient (Wildman–Crippen LogP) is 3.31. The zero-order chi connectivity index (χ0) is 15.7. The number of aromatic nitrogens is 4. The van der Waals surface area contributed by atoms with Gasteiger partial charge < -0.3 is 10.5 Å². The van der Waals surface area contributed by atoms with Gasteiger partial charge in [-0.3, -0.25) is 4.57 Å². The average molecular weight is 316 g/mol. The predicted molar refractivity (Wildman–Crippen MR) is 84.6 cm³/mol. The number of ether oxygens (including phenoxy) is 1. The number of halogens is 1. The summed E-state index contributed by atoms with van der Waals surface area (Å²) in [7, 11) is 0. The molecule has 2 aromatic heterocycles. The molecule has 22 heavy (non-hydrogen) atoms. The van der Waals surface area contributed by atoms with Crippen LogP contribution in [0.1, 0.15) is 11.1 Å². The van der Waals surface area contributed by atoms with Gasteiger partial charge in [-0.25, -0.2) is 9.97 Å². The minimum absolute atomic E-state index is 0.292. The highest BCUT2D eigenvalue weighted by molar-refractivity contribution is 6.32. The van der Waals surface area contributed by atoms with Gasteiger partial charge in [-0.15, -0.1) is 0 Å². The van der Waals surface area contributed by atoms with Crippen LogP contribution in [0.25, 0.3) is 5.82 Å². The standard InChI is InChI=1S/C15H14ClN5O/c1-9-5-11(6-10(2)12(9)16)22-15-13(17)14(19-7-20-15)21-4-3-18-8-21/h3-8H,17H2,1-2H3. The van der Waals surface area contributed by atoms with Gasteiger partial charge in [0.2, 0.25) is 5.88 Å². The molecular weight excluding hydrogens is 302 g/mol. The number of hydrogen-bond donors (Lipinski definition) is 1. The largest absolute Gasteiger partial charge is 0.437 e. The molecule has 0 aliphatic rings. The fraction of sp³-hybridized carbons (Fsp3) is 0.133. The number of anilines is 1. The molecule has 0 saturated heterocycles. The van der Waals surface area contributed by atoms with E-state index in [0.717, 1.165) is 16.1 Å². The number of rotatable bonds is 3. The van der Waals surface area contributed by atoms with Crippen molar-refractivity contribution < 1.29 is 4.74 Å². The van der Waals surface area contributed by atoms with E-state index in [1.807, 2.05) is 26.0 Å². The summed E-state index contributed by atoms with van der Waals surface area (Å²) < 4.78 is 7.49. The lowest BCUT2D eigenvalue weighted by atomic mass is 10.1. The number of hydrogen-bond acceptors (Lipinski definition) is 5. The molecular formula is C15H14ClN5O. The summed E-state index contributed by atoms with van der Waals surface area (Å²) in [6.45, 7) is 3.84. The molecule has 0 fully saturated rings. The summed E-state index contributed by atoms with van der Waals surface area (Å²) >= 11 is 6.16. The Morgan fingerprint density at radius 3 is 2.55 bits per heavy atom. The third-order valence-corrected chi connectivity index (χ3v) is 3.80. The molecule has 2 heterocycles. The Balaban J connectivity index is 1.98. The van der Waals surface area contributed by atoms with Crippen LogP contribution < -0.4 is 10.5 Å². The maximum Gasteiger partial charge on any atom is 0.248 e. The summed E-state index contributed by atoms with van der Waals surface area (Å²) in [4.78, 5) is 12.2. The summed E-state index contributed by atoms with van der Waals surface area (Å²) in [6, 6.07) is 3.68. The summed E-state index contributed by atoms with van der Waals surface area (Å²) in [5.74, 6) is 1.44. The minimum Gasteiger partial charge on any atom is -0.437 e. The van der Waals surface area contributed by atoms with Crippen molar-refractivity contribution in [3.8, 4) is 17.4 Å². The topological polar surface area (TPSA) is 78.9 Å². The Morgan fingerprint density at radius 2 is 1.91 bits per heavy atom. The lowest BCUT2D eigenvalue weighted by Crippen LogP contribution is -2.04. The second-order valence-corrected chi connectivity index (χ2v) is 5.24. The van der Waals surface area contributed by atoms with Crippen molar-refractivity contribution in [1.82, 2.24) is 19.5 Å². The fourth-order valence-electron chi connectivity index (χ4n) is 2.12. The highest BCUT2D eigenvalue weighted by atomic mass is 35.5. The Labute approximate surface area is 132 Å². The first-order chi connectivity index (χ1) is 10.6. The van der Waals surface area contributed by atoms with Crippen molar-refractivity contribution >= 4 is 17.3 Å². The van der Waals surface area contributed by atoms with Gasteiger partial charge in [-0.2, -0.15) is 4.98 Å². The van der Waals surface area contributed by atoms with Crippen molar-refractivity contribution in [1.29, 1.82) is 0 Å². The number of nitrogen functional groups attached to an aromatic ring is 1. The third kappa shape index (κ3) is 2.60. The van der Waals surface area contributed by atoms with Crippen LogP contribution in [-0.2, 0) is 0 Å². The Hall–Kier alpha value is -2.60. The first kappa shape index (κ1) is 14.3. The molecule has 112 valence electrons. The molecule has 3 aromatic rings. The summed E-state index contributed by atoms with van der Waals surface area (Å²) in [5.41, 5.74) is 8.30. The van der Waals surface area contributed by atoms with E-state index in [2.05, 4.69) is 15.0 Å². The monoisotopic (exact) mass is 315 g/mol. The second kappa shape index (κ2) is 5.65. The van der Waals surface area contributed by atoms with Gasteiger partial charge in [0.05, 0.1) is 0 Å². The summed E-state index contributed by atoms with van der Waals surface area (Å²) in [6.07, 6.45) is 6.41. The van der Waals surface area contributed by atoms with Gasteiger partial charge in [0.1, 0.15) is 24.1 Å². The second-order valence-electron chi connectivity index (χ2n) is 4.86. The number of nitrogens with two attached hydrogens (primary N) is 1. The SMILES string of the molecule is Cc1cc(Oc2ncnc(-n3ccnc3)c2N)cc(C)c1Cl. The molecule has 0 unspecified atom stereocenters. The first-order valence-electron chi connectivity index (χ1n) is 6.59. The highest BCUT2D eigenvalue weighted by Crippen LogP contribution is 2.32. The molecule has 0 saturated carbocycles. The van der Waals surface area contributed by atoms with Gasteiger partial charge in [-0.05, 0) is 37.1 Å². The van der Waals surface area contributed by atoms with Crippen LogP contribution in [0, 0.1) is 13.8 Å². The van der Waals surface area contributed by atoms with E-state index in [9.17, 15) is 0 Å². The van der Waals surface area contributed by atoms with Crippen molar-refractivity contribution in [2.24, 2.45) is 0 Å². The zero-order valence-corrected chi connectivity index (χ0v) is 12.9. The first-order valence-corrected chi connectivity index (χ1v) is 6.97. The van der Waals surface area contributed by atoms with Crippen molar-refractivity contribution in [3.63, 3.8) is 0 Å². The number of nitrogens with zero attached hydrogens (tertiary/aromatic N) is 4. The van der Waals surface area contributed by atoms with E-state index in [-0.39, 0.29) is 0 Å². The molecule has 0 aliphatic carbocycles. The van der Waals surface area contributed by atoms with Crippen LogP contribution in [0.3, 0.4) is 0 Å². The molecule has 2 N–H and O–H groups in total. The Morgan fingerprint density at radius 1 is 1.18 bits per heavy atom. The third-order valence-electron chi connectivity index (χ3n) is 3.20. The maximum absolute atomic E-state index is 6.16. The van der Waals surface area contributed by atoms with Crippen LogP contribution >= 0.6 is 11.6 Å². The van der Waals surface area contributed by atoms with Crippen LogP contribution in [-0.4, -0.2) is 19.5 Å². The molecule has 3 rings (SSSR count). The summed E-state index contributed by atoms with van der Waals surface area (Å²) in [5, 5.41) is 0.724. The highest BCUT2D eigenvalue weighted by Gasteiger charge is 2.13. The molecule has 6 nitrogen and oxygen atoms in total. The van der Waals surface area contributed by atoms with Crippen LogP contribution in [0.4, 0.5) is 5.69 Å². The molecule has 0 amide bonds. The molecule has 7 heteroatoms. The van der Waals surface area contributed by atoms with Crippen LogP contribution in [0.15, 0.2) is 37.2 Å². The van der Waals surface area contributed by atoms with E-state index >= 15 is 0 Å². The zero-order valence-electron chi connectivity index (χ0n) is 12.1. The molecule has 0 atom stereocenters.